The normalized spacial score (nSPS) is 65.0. The van der Waals surface area contributed by atoms with Crippen LogP contribution in [0.25, 0.3) is 0 Å². The van der Waals surface area contributed by atoms with Crippen molar-refractivity contribution in [1.82, 2.24) is 0 Å². The Bertz CT molecular complexity index is 476. The first kappa shape index (κ1) is 13.2. The molecule has 5 saturated carbocycles. The molecular weight excluding hydrogens is 272 g/mol. The van der Waals surface area contributed by atoms with Crippen LogP contribution in [0.5, 0.6) is 0 Å². The van der Waals surface area contributed by atoms with E-state index < -0.39 is 0 Å². The summed E-state index contributed by atoms with van der Waals surface area (Å²) in [4.78, 5) is 0. The highest BCUT2D eigenvalue weighted by Crippen LogP contribution is 2.67. The molecule has 22 heavy (non-hydrogen) atoms. The van der Waals surface area contributed by atoms with Gasteiger partial charge in [-0.2, -0.15) is 0 Å². The molecule has 122 valence electrons. The largest absolute Gasteiger partial charge is 0.393 e. The summed E-state index contributed by atoms with van der Waals surface area (Å²) in [6.07, 6.45) is 13.6. The van der Waals surface area contributed by atoms with E-state index in [0.29, 0.717) is 12.2 Å². The first-order chi connectivity index (χ1) is 10.8. The van der Waals surface area contributed by atoms with Crippen molar-refractivity contribution >= 4 is 0 Å². The van der Waals surface area contributed by atoms with Gasteiger partial charge in [-0.25, -0.2) is 0 Å². The Balaban J connectivity index is 1.39. The summed E-state index contributed by atoms with van der Waals surface area (Å²) >= 11 is 0. The summed E-state index contributed by atoms with van der Waals surface area (Å²) < 4.78 is 6.29. The minimum atomic E-state index is 0.00573. The van der Waals surface area contributed by atoms with Gasteiger partial charge in [-0.15, -0.1) is 0 Å². The second-order valence-corrected chi connectivity index (χ2v) is 9.61. The molecule has 2 heteroatoms. The van der Waals surface area contributed by atoms with Crippen molar-refractivity contribution in [3.05, 3.63) is 0 Å². The van der Waals surface area contributed by atoms with E-state index in [0.717, 1.165) is 60.2 Å². The molecule has 0 bridgehead atoms. The van der Waals surface area contributed by atoms with Gasteiger partial charge in [-0.05, 0) is 92.3 Å². The number of fused-ring (bicyclic) bond motifs is 5. The van der Waals surface area contributed by atoms with Crippen LogP contribution in [0, 0.1) is 47.3 Å². The van der Waals surface area contributed by atoms with Crippen molar-refractivity contribution in [2.75, 3.05) is 0 Å². The number of rotatable bonds is 0. The standard InChI is InChI=1S/C20H30O2/c21-12-6-4-11-8-16-18-13(15(11)9-12)7-5-10-2-1-3-14(17(10)18)19-20(16)22-19/h10-21H,1-9H2. The molecule has 0 amide bonds. The first-order valence-corrected chi connectivity index (χ1v) is 10.1. The fourth-order valence-electron chi connectivity index (χ4n) is 8.40. The smallest absolute Gasteiger partial charge is 0.0875 e. The van der Waals surface area contributed by atoms with Crippen LogP contribution in [-0.2, 0) is 4.74 Å². The van der Waals surface area contributed by atoms with Crippen molar-refractivity contribution in [2.45, 2.75) is 76.1 Å². The maximum absolute atomic E-state index is 10.2. The number of ether oxygens (including phenoxy) is 1. The Hall–Kier alpha value is -0.0800. The van der Waals surface area contributed by atoms with E-state index in [1.165, 1.54) is 44.9 Å². The average Bonchev–Trinajstić information content (AvgIpc) is 3.34. The first-order valence-electron chi connectivity index (χ1n) is 10.1. The molecule has 0 aromatic heterocycles. The Kier molecular flexibility index (Phi) is 2.71. The van der Waals surface area contributed by atoms with Crippen molar-refractivity contribution in [3.63, 3.8) is 0 Å². The molecule has 11 atom stereocenters. The zero-order valence-corrected chi connectivity index (χ0v) is 13.6. The number of epoxide rings is 1. The molecule has 1 N–H and O–H groups in total. The maximum Gasteiger partial charge on any atom is 0.0875 e. The molecule has 2 nitrogen and oxygen atoms in total. The Labute approximate surface area is 134 Å². The predicted octanol–water partition coefficient (Wildman–Crippen LogP) is 3.62. The van der Waals surface area contributed by atoms with E-state index in [9.17, 15) is 5.11 Å². The molecule has 6 rings (SSSR count). The zero-order valence-electron chi connectivity index (χ0n) is 13.6. The van der Waals surface area contributed by atoms with Crippen LogP contribution >= 0.6 is 0 Å². The van der Waals surface area contributed by atoms with Crippen LogP contribution in [0.2, 0.25) is 0 Å². The van der Waals surface area contributed by atoms with Crippen molar-refractivity contribution in [1.29, 1.82) is 0 Å². The lowest BCUT2D eigenvalue weighted by Gasteiger charge is -2.60. The lowest BCUT2D eigenvalue weighted by Crippen LogP contribution is -2.57. The van der Waals surface area contributed by atoms with E-state index in [-0.39, 0.29) is 6.10 Å². The third-order valence-electron chi connectivity index (χ3n) is 9.01. The molecule has 0 aromatic carbocycles. The van der Waals surface area contributed by atoms with Gasteiger partial charge >= 0.3 is 0 Å². The van der Waals surface area contributed by atoms with E-state index in [1.54, 1.807) is 0 Å². The second kappa shape index (κ2) is 4.51. The average molecular weight is 302 g/mol. The van der Waals surface area contributed by atoms with Crippen LogP contribution in [0.3, 0.4) is 0 Å². The molecule has 1 heterocycles. The molecular formula is C20H30O2. The van der Waals surface area contributed by atoms with E-state index in [2.05, 4.69) is 0 Å². The van der Waals surface area contributed by atoms with Gasteiger partial charge in [0.15, 0.2) is 0 Å². The van der Waals surface area contributed by atoms with Gasteiger partial charge in [0.05, 0.1) is 18.3 Å². The van der Waals surface area contributed by atoms with Gasteiger partial charge in [0.25, 0.3) is 0 Å². The lowest BCUT2D eigenvalue weighted by atomic mass is 9.44. The number of aliphatic hydroxyl groups is 1. The highest BCUT2D eigenvalue weighted by Gasteiger charge is 2.66. The van der Waals surface area contributed by atoms with Gasteiger partial charge < -0.3 is 9.84 Å². The van der Waals surface area contributed by atoms with Gasteiger partial charge in [0.2, 0.25) is 0 Å². The minimum Gasteiger partial charge on any atom is -0.393 e. The molecule has 11 unspecified atom stereocenters. The summed E-state index contributed by atoms with van der Waals surface area (Å²) in [5, 5.41) is 10.2. The van der Waals surface area contributed by atoms with Crippen molar-refractivity contribution in [2.24, 2.45) is 47.3 Å². The quantitative estimate of drug-likeness (QED) is 0.693. The van der Waals surface area contributed by atoms with E-state index in [4.69, 9.17) is 4.74 Å². The van der Waals surface area contributed by atoms with Gasteiger partial charge in [0, 0.05) is 0 Å². The van der Waals surface area contributed by atoms with Crippen LogP contribution in [0.4, 0.5) is 0 Å². The molecule has 6 aliphatic rings. The maximum atomic E-state index is 10.2. The van der Waals surface area contributed by atoms with Gasteiger partial charge in [-0.1, -0.05) is 12.8 Å². The third kappa shape index (κ3) is 1.64. The predicted molar refractivity (Wildman–Crippen MR) is 84.1 cm³/mol. The molecule has 0 spiro atoms. The van der Waals surface area contributed by atoms with Crippen LogP contribution in [0.1, 0.15) is 57.8 Å². The number of hydrogen-bond acceptors (Lipinski definition) is 2. The summed E-state index contributed by atoms with van der Waals surface area (Å²) in [5.74, 6) is 7.51. The summed E-state index contributed by atoms with van der Waals surface area (Å²) in [5.41, 5.74) is 0. The highest BCUT2D eigenvalue weighted by molar-refractivity contribution is 5.14. The minimum absolute atomic E-state index is 0.00573. The Morgan fingerprint density at radius 2 is 1.50 bits per heavy atom. The van der Waals surface area contributed by atoms with E-state index in [1.807, 2.05) is 0 Å². The highest BCUT2D eigenvalue weighted by atomic mass is 16.6. The summed E-state index contributed by atoms with van der Waals surface area (Å²) in [6, 6.07) is 0. The Morgan fingerprint density at radius 3 is 2.45 bits per heavy atom. The summed E-state index contributed by atoms with van der Waals surface area (Å²) in [7, 11) is 0. The van der Waals surface area contributed by atoms with Crippen molar-refractivity contribution < 1.29 is 9.84 Å². The van der Waals surface area contributed by atoms with Crippen LogP contribution in [0.15, 0.2) is 0 Å². The molecule has 6 fully saturated rings. The number of aliphatic hydroxyl groups excluding tert-OH is 1. The number of hydrogen-bond donors (Lipinski definition) is 1. The molecule has 5 aliphatic carbocycles. The molecule has 0 radical (unpaired) electrons. The Morgan fingerprint density at radius 1 is 0.636 bits per heavy atom. The third-order valence-corrected chi connectivity index (χ3v) is 9.01. The topological polar surface area (TPSA) is 32.8 Å². The fraction of sp³-hybridized carbons (Fsp3) is 1.00. The summed E-state index contributed by atoms with van der Waals surface area (Å²) in [6.45, 7) is 0. The van der Waals surface area contributed by atoms with Gasteiger partial charge in [0.1, 0.15) is 0 Å². The second-order valence-electron chi connectivity index (χ2n) is 9.61. The van der Waals surface area contributed by atoms with Crippen LogP contribution in [-0.4, -0.2) is 23.4 Å². The fourth-order valence-corrected chi connectivity index (χ4v) is 8.40. The lowest BCUT2D eigenvalue weighted by molar-refractivity contribution is -0.122. The van der Waals surface area contributed by atoms with Crippen molar-refractivity contribution in [3.8, 4) is 0 Å². The van der Waals surface area contributed by atoms with Crippen LogP contribution < -0.4 is 0 Å². The SMILES string of the molecule is OC1CCC2CC3C4OC4C4CCCC5CCC(C2C1)C3C54. The molecule has 1 saturated heterocycles. The van der Waals surface area contributed by atoms with E-state index >= 15 is 0 Å². The van der Waals surface area contributed by atoms with Gasteiger partial charge in [-0.3, -0.25) is 0 Å². The molecule has 0 aromatic rings. The monoisotopic (exact) mass is 302 g/mol. The molecule has 1 aliphatic heterocycles. The zero-order chi connectivity index (χ0) is 14.4.